The second-order valence-corrected chi connectivity index (χ2v) is 2.45. The highest BCUT2D eigenvalue weighted by atomic mass is 35.5. The summed E-state index contributed by atoms with van der Waals surface area (Å²) >= 11 is 5.24. The molecular weight excluding hydrogens is 148 g/mol. The van der Waals surface area contributed by atoms with E-state index < -0.39 is 0 Å². The molecule has 0 rings (SSSR count). The Kier molecular flexibility index (Phi) is 8.68. The topological polar surface area (TPSA) is 9.23 Å². The molecular formula is C8H15ClO. The lowest BCUT2D eigenvalue weighted by Gasteiger charge is -1.98. The highest BCUT2D eigenvalue weighted by molar-refractivity contribution is 6.25. The summed E-state index contributed by atoms with van der Waals surface area (Å²) < 4.78 is 5.02. The Morgan fingerprint density at radius 2 is 2.10 bits per heavy atom. The van der Waals surface area contributed by atoms with Crippen LogP contribution in [0.5, 0.6) is 0 Å². The lowest BCUT2D eigenvalue weighted by molar-refractivity contribution is 0.241. The molecule has 0 bridgehead atoms. The first-order chi connectivity index (χ1) is 4.91. The van der Waals surface area contributed by atoms with Crippen LogP contribution in [0.15, 0.2) is 11.8 Å². The Balaban J connectivity index is 2.77. The van der Waals surface area contributed by atoms with Crippen molar-refractivity contribution in [2.75, 3.05) is 6.61 Å². The summed E-state index contributed by atoms with van der Waals surface area (Å²) in [4.78, 5) is 0. The average molecular weight is 163 g/mol. The Hall–Kier alpha value is -0.170. The maximum atomic E-state index is 5.24. The fourth-order valence-electron chi connectivity index (χ4n) is 0.717. The first-order valence-electron chi connectivity index (χ1n) is 3.78. The molecule has 0 unspecified atom stereocenters. The van der Waals surface area contributed by atoms with E-state index in [0.29, 0.717) is 0 Å². The SMILES string of the molecule is CCCCCCO/C=C/Cl. The third kappa shape index (κ3) is 7.83. The van der Waals surface area contributed by atoms with Crippen molar-refractivity contribution in [3.63, 3.8) is 0 Å². The maximum Gasteiger partial charge on any atom is 0.0941 e. The Bertz CT molecular complexity index is 81.3. The van der Waals surface area contributed by atoms with E-state index in [1.807, 2.05) is 0 Å². The predicted octanol–water partition coefficient (Wildman–Crippen LogP) is 3.29. The molecule has 0 aromatic rings. The highest BCUT2D eigenvalue weighted by Gasteiger charge is 1.84. The van der Waals surface area contributed by atoms with Crippen LogP contribution in [0.2, 0.25) is 0 Å². The van der Waals surface area contributed by atoms with Crippen LogP contribution >= 0.6 is 11.6 Å². The summed E-state index contributed by atoms with van der Waals surface area (Å²) in [7, 11) is 0. The molecule has 0 aromatic heterocycles. The van der Waals surface area contributed by atoms with Crippen LogP contribution in [0, 0.1) is 0 Å². The van der Waals surface area contributed by atoms with Crippen molar-refractivity contribution in [2.45, 2.75) is 32.6 Å². The van der Waals surface area contributed by atoms with Gasteiger partial charge < -0.3 is 4.74 Å². The van der Waals surface area contributed by atoms with Gasteiger partial charge in [-0.15, -0.1) is 0 Å². The van der Waals surface area contributed by atoms with E-state index in [0.717, 1.165) is 13.0 Å². The molecule has 2 heteroatoms. The number of hydrogen-bond donors (Lipinski definition) is 0. The first-order valence-corrected chi connectivity index (χ1v) is 4.22. The quantitative estimate of drug-likeness (QED) is 0.430. The number of halogens is 1. The third-order valence-corrected chi connectivity index (χ3v) is 1.37. The van der Waals surface area contributed by atoms with Gasteiger partial charge in [0.2, 0.25) is 0 Å². The van der Waals surface area contributed by atoms with Crippen LogP contribution in [-0.2, 0) is 4.74 Å². The second kappa shape index (κ2) is 8.83. The molecule has 0 atom stereocenters. The molecule has 1 nitrogen and oxygen atoms in total. The molecule has 0 saturated heterocycles. The minimum Gasteiger partial charge on any atom is -0.500 e. The van der Waals surface area contributed by atoms with Crippen molar-refractivity contribution in [3.8, 4) is 0 Å². The summed E-state index contributed by atoms with van der Waals surface area (Å²) in [6, 6.07) is 0. The van der Waals surface area contributed by atoms with Gasteiger partial charge in [0.15, 0.2) is 0 Å². The van der Waals surface area contributed by atoms with Crippen LogP contribution < -0.4 is 0 Å². The van der Waals surface area contributed by atoms with Gasteiger partial charge in [-0.25, -0.2) is 0 Å². The van der Waals surface area contributed by atoms with Crippen molar-refractivity contribution in [1.82, 2.24) is 0 Å². The van der Waals surface area contributed by atoms with E-state index in [4.69, 9.17) is 16.3 Å². The summed E-state index contributed by atoms with van der Waals surface area (Å²) in [5, 5.41) is 0. The zero-order valence-electron chi connectivity index (χ0n) is 6.48. The van der Waals surface area contributed by atoms with Crippen molar-refractivity contribution >= 4 is 11.6 Å². The zero-order chi connectivity index (χ0) is 7.66. The van der Waals surface area contributed by atoms with Gasteiger partial charge in [-0.1, -0.05) is 37.8 Å². The van der Waals surface area contributed by atoms with Gasteiger partial charge in [0.1, 0.15) is 0 Å². The predicted molar refractivity (Wildman–Crippen MR) is 45.1 cm³/mol. The molecule has 0 aromatic carbocycles. The van der Waals surface area contributed by atoms with Gasteiger partial charge in [0.25, 0.3) is 0 Å². The van der Waals surface area contributed by atoms with Crippen LogP contribution in [0.25, 0.3) is 0 Å². The van der Waals surface area contributed by atoms with Gasteiger partial charge >= 0.3 is 0 Å². The summed E-state index contributed by atoms with van der Waals surface area (Å²) in [6.45, 7) is 2.99. The third-order valence-electron chi connectivity index (χ3n) is 1.26. The zero-order valence-corrected chi connectivity index (χ0v) is 7.23. The van der Waals surface area contributed by atoms with Gasteiger partial charge in [-0.2, -0.15) is 0 Å². The van der Waals surface area contributed by atoms with Crippen LogP contribution in [0.4, 0.5) is 0 Å². The maximum absolute atomic E-state index is 5.24. The molecule has 0 spiro atoms. The molecule has 0 aliphatic rings. The smallest absolute Gasteiger partial charge is 0.0941 e. The molecule has 0 aliphatic carbocycles. The second-order valence-electron chi connectivity index (χ2n) is 2.19. The lowest BCUT2D eigenvalue weighted by atomic mass is 10.2. The van der Waals surface area contributed by atoms with Gasteiger partial charge in [0, 0.05) is 5.54 Å². The van der Waals surface area contributed by atoms with E-state index in [2.05, 4.69) is 6.92 Å². The standard InChI is InChI=1S/C8H15ClO/c1-2-3-4-5-7-10-8-6-9/h6,8H,2-5,7H2,1H3/b8-6+. The normalized spacial score (nSPS) is 10.6. The van der Waals surface area contributed by atoms with Gasteiger partial charge in [-0.3, -0.25) is 0 Å². The lowest BCUT2D eigenvalue weighted by Crippen LogP contribution is -1.86. The number of hydrogen-bond acceptors (Lipinski definition) is 1. The van der Waals surface area contributed by atoms with Crippen molar-refractivity contribution < 1.29 is 4.74 Å². The monoisotopic (exact) mass is 162 g/mol. The molecule has 10 heavy (non-hydrogen) atoms. The largest absolute Gasteiger partial charge is 0.500 e. The van der Waals surface area contributed by atoms with E-state index >= 15 is 0 Å². The summed E-state index contributed by atoms with van der Waals surface area (Å²) in [6.07, 6.45) is 6.48. The number of unbranched alkanes of at least 4 members (excludes halogenated alkanes) is 3. The Morgan fingerprint density at radius 3 is 2.70 bits per heavy atom. The molecule has 0 saturated carbocycles. The van der Waals surface area contributed by atoms with Crippen molar-refractivity contribution in [3.05, 3.63) is 11.8 Å². The van der Waals surface area contributed by atoms with Crippen LogP contribution in [0.1, 0.15) is 32.6 Å². The molecule has 0 N–H and O–H groups in total. The minimum absolute atomic E-state index is 0.795. The molecule has 0 aliphatic heterocycles. The average Bonchev–Trinajstić information content (AvgIpc) is 1.97. The van der Waals surface area contributed by atoms with Crippen molar-refractivity contribution in [2.24, 2.45) is 0 Å². The number of ether oxygens (including phenoxy) is 1. The van der Waals surface area contributed by atoms with E-state index in [1.165, 1.54) is 31.1 Å². The van der Waals surface area contributed by atoms with Crippen molar-refractivity contribution in [1.29, 1.82) is 0 Å². The van der Waals surface area contributed by atoms with E-state index in [1.54, 1.807) is 0 Å². The molecule has 0 radical (unpaired) electrons. The number of rotatable bonds is 6. The fraction of sp³-hybridized carbons (Fsp3) is 0.750. The molecule has 0 fully saturated rings. The first kappa shape index (κ1) is 9.83. The summed E-state index contributed by atoms with van der Waals surface area (Å²) in [5.74, 6) is 0. The Labute approximate surface area is 68.0 Å². The fourth-order valence-corrected chi connectivity index (χ4v) is 0.789. The Morgan fingerprint density at radius 1 is 1.30 bits per heavy atom. The van der Waals surface area contributed by atoms with Crippen LogP contribution in [-0.4, -0.2) is 6.61 Å². The van der Waals surface area contributed by atoms with E-state index in [9.17, 15) is 0 Å². The van der Waals surface area contributed by atoms with Crippen LogP contribution in [0.3, 0.4) is 0 Å². The molecule has 0 heterocycles. The summed E-state index contributed by atoms with van der Waals surface area (Å²) in [5.41, 5.74) is 1.39. The van der Waals surface area contributed by atoms with Gasteiger partial charge in [-0.05, 0) is 6.42 Å². The van der Waals surface area contributed by atoms with E-state index in [-0.39, 0.29) is 0 Å². The van der Waals surface area contributed by atoms with Gasteiger partial charge in [0.05, 0.1) is 12.9 Å². The molecule has 60 valence electrons. The molecule has 0 amide bonds. The highest BCUT2D eigenvalue weighted by Crippen LogP contribution is 1.98. The minimum atomic E-state index is 0.795.